The van der Waals surface area contributed by atoms with Crippen molar-refractivity contribution in [2.75, 3.05) is 18.4 Å². The highest BCUT2D eigenvalue weighted by Crippen LogP contribution is 2.33. The normalized spacial score (nSPS) is 15.6. The molecular weight excluding hydrogens is 291 g/mol. The molecular formula is C18H23FN4. The summed E-state index contributed by atoms with van der Waals surface area (Å²) in [6.45, 7) is 1.19. The minimum Gasteiger partial charge on any atom is -0.381 e. The molecule has 122 valence electrons. The standard InChI is InChI=1S/C18H23FN4/c19-15-8-6-13(7-9-15)17-16(21-11-10-20)12-22-18(23-17)14-4-2-1-3-5-14/h6-9,12,14,21H,1-5,10-11,20H2. The molecule has 1 heterocycles. The van der Waals surface area contributed by atoms with Crippen molar-refractivity contribution in [2.24, 2.45) is 5.73 Å². The van der Waals surface area contributed by atoms with E-state index in [2.05, 4.69) is 10.3 Å². The van der Waals surface area contributed by atoms with Crippen molar-refractivity contribution < 1.29 is 4.39 Å². The first-order valence-electron chi connectivity index (χ1n) is 8.35. The van der Waals surface area contributed by atoms with Crippen LogP contribution in [0, 0.1) is 5.82 Å². The van der Waals surface area contributed by atoms with Crippen LogP contribution in [0.2, 0.25) is 0 Å². The number of hydrogen-bond acceptors (Lipinski definition) is 4. The van der Waals surface area contributed by atoms with Gasteiger partial charge in [0.2, 0.25) is 0 Å². The van der Waals surface area contributed by atoms with Gasteiger partial charge in [0.05, 0.1) is 17.6 Å². The fraction of sp³-hybridized carbons (Fsp3) is 0.444. The molecule has 0 spiro atoms. The van der Waals surface area contributed by atoms with Crippen molar-refractivity contribution in [3.05, 3.63) is 42.1 Å². The monoisotopic (exact) mass is 314 g/mol. The molecule has 1 aromatic heterocycles. The Morgan fingerprint density at radius 1 is 1.13 bits per heavy atom. The van der Waals surface area contributed by atoms with Gasteiger partial charge in [0.15, 0.2) is 0 Å². The molecule has 1 aliphatic carbocycles. The van der Waals surface area contributed by atoms with Crippen molar-refractivity contribution >= 4 is 5.69 Å². The summed E-state index contributed by atoms with van der Waals surface area (Å²) in [6.07, 6.45) is 7.93. The first-order chi connectivity index (χ1) is 11.3. The van der Waals surface area contributed by atoms with Gasteiger partial charge in [0.1, 0.15) is 11.6 Å². The van der Waals surface area contributed by atoms with Gasteiger partial charge in [-0.3, -0.25) is 0 Å². The Hall–Kier alpha value is -2.01. The van der Waals surface area contributed by atoms with Crippen LogP contribution in [-0.2, 0) is 0 Å². The van der Waals surface area contributed by atoms with Crippen LogP contribution in [0.4, 0.5) is 10.1 Å². The third kappa shape index (κ3) is 3.85. The van der Waals surface area contributed by atoms with Crippen LogP contribution in [0.3, 0.4) is 0 Å². The quantitative estimate of drug-likeness (QED) is 0.883. The van der Waals surface area contributed by atoms with Crippen molar-refractivity contribution in [1.29, 1.82) is 0 Å². The van der Waals surface area contributed by atoms with Crippen LogP contribution in [-0.4, -0.2) is 23.1 Å². The molecule has 23 heavy (non-hydrogen) atoms. The zero-order valence-corrected chi connectivity index (χ0v) is 13.3. The second kappa shape index (κ2) is 7.51. The van der Waals surface area contributed by atoms with Crippen molar-refractivity contribution in [3.8, 4) is 11.3 Å². The van der Waals surface area contributed by atoms with Gasteiger partial charge in [-0.2, -0.15) is 0 Å². The fourth-order valence-electron chi connectivity index (χ4n) is 3.12. The van der Waals surface area contributed by atoms with Crippen molar-refractivity contribution in [2.45, 2.75) is 38.0 Å². The van der Waals surface area contributed by atoms with Gasteiger partial charge in [-0.25, -0.2) is 14.4 Å². The highest BCUT2D eigenvalue weighted by atomic mass is 19.1. The maximum Gasteiger partial charge on any atom is 0.132 e. The van der Waals surface area contributed by atoms with Gasteiger partial charge in [-0.05, 0) is 37.1 Å². The zero-order chi connectivity index (χ0) is 16.1. The molecule has 0 unspecified atom stereocenters. The van der Waals surface area contributed by atoms with Gasteiger partial charge >= 0.3 is 0 Å². The summed E-state index contributed by atoms with van der Waals surface area (Å²) < 4.78 is 13.2. The number of hydrogen-bond donors (Lipinski definition) is 2. The van der Waals surface area contributed by atoms with Gasteiger partial charge in [-0.15, -0.1) is 0 Å². The third-order valence-electron chi connectivity index (χ3n) is 4.36. The molecule has 0 radical (unpaired) electrons. The lowest BCUT2D eigenvalue weighted by Crippen LogP contribution is -2.15. The van der Waals surface area contributed by atoms with Gasteiger partial charge in [0, 0.05) is 24.6 Å². The second-order valence-electron chi connectivity index (χ2n) is 6.05. The van der Waals surface area contributed by atoms with E-state index >= 15 is 0 Å². The molecule has 4 nitrogen and oxygen atoms in total. The lowest BCUT2D eigenvalue weighted by Gasteiger charge is -2.21. The Kier molecular flexibility index (Phi) is 5.18. The first kappa shape index (κ1) is 15.9. The number of aromatic nitrogens is 2. The molecule has 2 aromatic rings. The molecule has 1 saturated carbocycles. The molecule has 0 amide bonds. The van der Waals surface area contributed by atoms with Gasteiger partial charge < -0.3 is 11.1 Å². The molecule has 1 aliphatic rings. The number of nitrogens with zero attached hydrogens (tertiary/aromatic N) is 2. The predicted molar refractivity (Wildman–Crippen MR) is 90.8 cm³/mol. The van der Waals surface area contributed by atoms with Gasteiger partial charge in [0.25, 0.3) is 0 Å². The summed E-state index contributed by atoms with van der Waals surface area (Å²) in [7, 11) is 0. The zero-order valence-electron chi connectivity index (χ0n) is 13.3. The molecule has 0 saturated heterocycles. The maximum absolute atomic E-state index is 13.2. The summed E-state index contributed by atoms with van der Waals surface area (Å²) >= 11 is 0. The summed E-state index contributed by atoms with van der Waals surface area (Å²) in [5.74, 6) is 1.10. The van der Waals surface area contributed by atoms with E-state index in [9.17, 15) is 4.39 Å². The van der Waals surface area contributed by atoms with E-state index in [0.717, 1.165) is 35.6 Å². The van der Waals surface area contributed by atoms with Crippen LogP contribution < -0.4 is 11.1 Å². The number of nitrogens with two attached hydrogens (primary N) is 1. The van der Waals surface area contributed by atoms with E-state index in [1.54, 1.807) is 12.1 Å². The molecule has 3 rings (SSSR count). The SMILES string of the molecule is NCCNc1cnc(C2CCCCC2)nc1-c1ccc(F)cc1. The van der Waals surface area contributed by atoms with Crippen LogP contribution in [0.15, 0.2) is 30.5 Å². The third-order valence-corrected chi connectivity index (χ3v) is 4.36. The smallest absolute Gasteiger partial charge is 0.132 e. The van der Waals surface area contributed by atoms with E-state index in [1.165, 1.54) is 31.4 Å². The largest absolute Gasteiger partial charge is 0.381 e. The van der Waals surface area contributed by atoms with Gasteiger partial charge in [-0.1, -0.05) is 19.3 Å². The molecule has 0 atom stereocenters. The van der Waals surface area contributed by atoms with Crippen LogP contribution in [0.25, 0.3) is 11.3 Å². The second-order valence-corrected chi connectivity index (χ2v) is 6.05. The van der Waals surface area contributed by atoms with Crippen LogP contribution >= 0.6 is 0 Å². The molecule has 5 heteroatoms. The molecule has 1 aromatic carbocycles. The topological polar surface area (TPSA) is 63.8 Å². The van der Waals surface area contributed by atoms with Crippen molar-refractivity contribution in [1.82, 2.24) is 9.97 Å². The molecule has 1 fully saturated rings. The number of benzene rings is 1. The van der Waals surface area contributed by atoms with E-state index < -0.39 is 0 Å². The highest BCUT2D eigenvalue weighted by molar-refractivity contribution is 5.73. The minimum absolute atomic E-state index is 0.244. The van der Waals surface area contributed by atoms with E-state index in [-0.39, 0.29) is 5.82 Å². The lowest BCUT2D eigenvalue weighted by molar-refractivity contribution is 0.429. The average molecular weight is 314 g/mol. The van der Waals surface area contributed by atoms with E-state index in [0.29, 0.717) is 19.0 Å². The number of rotatable bonds is 5. The average Bonchev–Trinajstić information content (AvgIpc) is 2.61. The summed E-state index contributed by atoms with van der Waals surface area (Å²) in [5.41, 5.74) is 8.15. The fourth-order valence-corrected chi connectivity index (χ4v) is 3.12. The van der Waals surface area contributed by atoms with Crippen molar-refractivity contribution in [3.63, 3.8) is 0 Å². The predicted octanol–water partition coefficient (Wildman–Crippen LogP) is 3.70. The van der Waals surface area contributed by atoms with E-state index in [4.69, 9.17) is 10.7 Å². The lowest BCUT2D eigenvalue weighted by atomic mass is 9.88. The summed E-state index contributed by atoms with van der Waals surface area (Å²) in [4.78, 5) is 9.38. The maximum atomic E-state index is 13.2. The number of anilines is 1. The Morgan fingerprint density at radius 3 is 2.57 bits per heavy atom. The number of nitrogens with one attached hydrogen (secondary N) is 1. The Bertz CT molecular complexity index is 636. The van der Waals surface area contributed by atoms with Crippen LogP contribution in [0.5, 0.6) is 0 Å². The Balaban J connectivity index is 1.95. The molecule has 0 aliphatic heterocycles. The number of halogens is 1. The highest BCUT2D eigenvalue weighted by Gasteiger charge is 2.20. The van der Waals surface area contributed by atoms with Crippen LogP contribution in [0.1, 0.15) is 43.8 Å². The van der Waals surface area contributed by atoms with E-state index in [1.807, 2.05) is 6.20 Å². The minimum atomic E-state index is -0.244. The first-order valence-corrected chi connectivity index (χ1v) is 8.35. The summed E-state index contributed by atoms with van der Waals surface area (Å²) in [6, 6.07) is 6.45. The Morgan fingerprint density at radius 2 is 1.87 bits per heavy atom. The molecule has 3 N–H and O–H groups in total. The Labute approximate surface area is 136 Å². The molecule has 0 bridgehead atoms. The summed E-state index contributed by atoms with van der Waals surface area (Å²) in [5, 5.41) is 3.26.